The molecule has 0 saturated carbocycles. The molecule has 5 aliphatic heterocycles. The molecule has 19 N–H and O–H groups in total. The Balaban J connectivity index is 1.17. The number of nitrogens with one attached hydrogen (secondary N) is 9. The van der Waals surface area contributed by atoms with Crippen molar-refractivity contribution in [3.05, 3.63) is 46.8 Å². The largest absolute Gasteiger partial charge is 0.509 e. The number of hydroxylamine groups is 2. The van der Waals surface area contributed by atoms with Crippen LogP contribution in [0.1, 0.15) is 57.8 Å². The lowest BCUT2D eigenvalue weighted by molar-refractivity contribution is -0.174. The Morgan fingerprint density at radius 2 is 1.59 bits per heavy atom. The fourth-order valence-electron chi connectivity index (χ4n) is 9.23. The molecule has 4 saturated heterocycles. The number of carboxylic acids is 3. The van der Waals surface area contributed by atoms with Crippen LogP contribution in [0.15, 0.2) is 46.8 Å². The van der Waals surface area contributed by atoms with Crippen molar-refractivity contribution in [2.45, 2.75) is 125 Å². The minimum atomic E-state index is -2.43. The summed E-state index contributed by atoms with van der Waals surface area (Å²) < 4.78 is 0. The number of allylic oxidation sites excluding steroid dienone is 2. The van der Waals surface area contributed by atoms with Crippen LogP contribution in [0, 0.1) is 0 Å². The molecule has 76 heavy (non-hydrogen) atoms. The number of carbonyl (C=O) groups excluding carboxylic acids is 8. The molecule has 0 aromatic rings. The van der Waals surface area contributed by atoms with E-state index >= 15 is 0 Å². The Morgan fingerprint density at radius 1 is 0.868 bits per heavy atom. The fraction of sp³-hybridized carbons (Fsp3) is 0.568. The average Bonchev–Trinajstić information content (AvgIpc) is 3.41. The monoisotopic (exact) mass is 1080 g/mol. The first-order valence-electron chi connectivity index (χ1n) is 24.1. The zero-order valence-electron chi connectivity index (χ0n) is 40.5. The van der Waals surface area contributed by atoms with Crippen molar-refractivity contribution in [1.82, 2.24) is 62.7 Å². The number of hydrogen-bond acceptors (Lipinski definition) is 21. The van der Waals surface area contributed by atoms with Crippen LogP contribution in [0.25, 0.3) is 0 Å². The lowest BCUT2D eigenvalue weighted by atomic mass is 9.93. The summed E-state index contributed by atoms with van der Waals surface area (Å²) in [5, 5.41) is 105. The van der Waals surface area contributed by atoms with Crippen LogP contribution in [0.2, 0.25) is 0 Å². The first kappa shape index (κ1) is 57.5. The Kier molecular flexibility index (Phi) is 19.1. The Morgan fingerprint density at radius 3 is 2.28 bits per heavy atom. The van der Waals surface area contributed by atoms with Gasteiger partial charge < -0.3 is 93.8 Å². The summed E-state index contributed by atoms with van der Waals surface area (Å²) in [5.41, 5.74) is 6.08. The molecular formula is C44H61N13O19. The summed E-state index contributed by atoms with van der Waals surface area (Å²) in [6, 6.07) is -11.1. The summed E-state index contributed by atoms with van der Waals surface area (Å²) in [6.07, 6.45) is -5.67. The van der Waals surface area contributed by atoms with E-state index in [1.165, 1.54) is 17.1 Å². The van der Waals surface area contributed by atoms with Crippen molar-refractivity contribution >= 4 is 65.2 Å². The number of nitrogens with zero attached hydrogens (tertiary/aromatic N) is 3. The normalized spacial score (nSPS) is 25.9. The van der Waals surface area contributed by atoms with Crippen LogP contribution >= 0.6 is 0 Å². The molecule has 8 amide bonds. The van der Waals surface area contributed by atoms with Gasteiger partial charge in [0.1, 0.15) is 48.4 Å². The van der Waals surface area contributed by atoms with E-state index < -0.39 is 164 Å². The average molecular weight is 1080 g/mol. The van der Waals surface area contributed by atoms with Crippen LogP contribution in [0.4, 0.5) is 0 Å². The van der Waals surface area contributed by atoms with Crippen molar-refractivity contribution in [1.29, 1.82) is 0 Å². The number of carboxylic acid groups (broad SMARTS) is 3. The van der Waals surface area contributed by atoms with E-state index in [0.29, 0.717) is 16.4 Å². The maximum Gasteiger partial charge on any atom is 0.334 e. The van der Waals surface area contributed by atoms with E-state index in [9.17, 15) is 88.6 Å². The molecule has 0 radical (unpaired) electrons. The van der Waals surface area contributed by atoms with Gasteiger partial charge in [-0.15, -0.1) is 0 Å². The summed E-state index contributed by atoms with van der Waals surface area (Å²) in [7, 11) is 0. The Bertz CT molecular complexity index is 2480. The Labute approximate surface area is 430 Å². The second kappa shape index (κ2) is 25.2. The van der Waals surface area contributed by atoms with Crippen molar-refractivity contribution in [2.75, 3.05) is 32.7 Å². The summed E-state index contributed by atoms with van der Waals surface area (Å²) in [6.45, 7) is -0.867. The van der Waals surface area contributed by atoms with Crippen molar-refractivity contribution < 1.29 is 93.7 Å². The molecule has 0 spiro atoms. The molecule has 0 bridgehead atoms. The molecule has 11 atom stereocenters. The lowest BCUT2D eigenvalue weighted by Gasteiger charge is -2.44. The number of carbonyl (C=O) groups is 11. The Hall–Kier alpha value is -7.75. The number of piperazine rings is 1. The summed E-state index contributed by atoms with van der Waals surface area (Å²) >= 11 is 0. The number of aliphatic hydroxyl groups is 4. The minimum Gasteiger partial charge on any atom is -0.509 e. The molecule has 32 nitrogen and oxygen atoms in total. The third-order valence-corrected chi connectivity index (χ3v) is 13.1. The van der Waals surface area contributed by atoms with E-state index in [4.69, 9.17) is 10.8 Å². The zero-order chi connectivity index (χ0) is 55.7. The molecule has 4 fully saturated rings. The zero-order valence-corrected chi connectivity index (χ0v) is 40.5. The van der Waals surface area contributed by atoms with Gasteiger partial charge >= 0.3 is 17.9 Å². The highest BCUT2D eigenvalue weighted by atomic mass is 16.5. The van der Waals surface area contributed by atoms with Crippen LogP contribution < -0.4 is 53.6 Å². The quantitative estimate of drug-likeness (QED) is 0.0475. The SMILES string of the molecule is NCCCC(NC(=O)C(CC(=O)O)NC(=O)[C@@H]1CCNC2=C(NC(=O)CCC(=O)O)C=C3C=C(O)C(O)C=C3N21)C(=O)NC(C1NCCC(C(=O)N2CC(=O)NC(C(=O)NC3CCCN(O)C3=O)C2O)N1)C(O)C(=O)O. The number of nitrogens with two attached hydrogens (primary N) is 1. The molecule has 6 rings (SSSR count). The first-order chi connectivity index (χ1) is 36.0. The van der Waals surface area contributed by atoms with E-state index in [-0.39, 0.29) is 81.1 Å². The topological polar surface area (TPSA) is 494 Å². The van der Waals surface area contributed by atoms with E-state index in [1.54, 1.807) is 0 Å². The molecule has 0 aromatic heterocycles. The van der Waals surface area contributed by atoms with Gasteiger partial charge in [-0.25, -0.2) is 9.86 Å². The third-order valence-electron chi connectivity index (χ3n) is 13.1. The third kappa shape index (κ3) is 13.7. The van der Waals surface area contributed by atoms with Gasteiger partial charge in [0.15, 0.2) is 18.4 Å². The number of fused-ring (bicyclic) bond motifs is 3. The van der Waals surface area contributed by atoms with Crippen LogP contribution in [-0.4, -0.2) is 221 Å². The van der Waals surface area contributed by atoms with Gasteiger partial charge in [0, 0.05) is 30.8 Å². The maximum absolute atomic E-state index is 14.3. The highest BCUT2D eigenvalue weighted by Crippen LogP contribution is 2.37. The van der Waals surface area contributed by atoms with Crippen LogP contribution in [0.5, 0.6) is 0 Å². The van der Waals surface area contributed by atoms with Crippen molar-refractivity contribution in [2.24, 2.45) is 5.73 Å². The fourth-order valence-corrected chi connectivity index (χ4v) is 9.23. The standard InChI is InChI=1S/C44H61N13O19/c45-9-1-3-19(50-38(68)23(15-31(64)65)52-39(69)24-8-11-47-36-22(48-28(60)5-6-30(62)63)13-18-14-26(58)27(59)16-25(18)57(24)36)37(67)54-32(34(66)44(74)75)35-46-10-7-21(49-35)41(71)55-17-29(61)53-33(43(55)73)40(70)51-20-4-2-12-56(76)42(20)72/h13-14,16,19-21,23-24,27,32-35,43,46-47,49,58-59,66,73,76H,1-12,15,17,45H2,(H,48,60)(H,50,68)(H,51,70)(H,52,69)(H,53,61)(H,54,67)(H,62,63)(H,64,65)(H,74,75)/t19?,20?,21?,23?,24-,27?,32?,33?,34?,35?,43?/m0/s1. The number of aliphatic carboxylic acids is 3. The van der Waals surface area contributed by atoms with Crippen LogP contribution in [-0.2, 0) is 52.7 Å². The molecule has 1 aliphatic carbocycles. The molecule has 416 valence electrons. The van der Waals surface area contributed by atoms with Crippen LogP contribution in [0.3, 0.4) is 0 Å². The van der Waals surface area contributed by atoms with Gasteiger partial charge in [0.05, 0.1) is 36.8 Å². The number of aliphatic hydroxyl groups excluding tert-OH is 4. The number of piperidine rings is 1. The van der Waals surface area contributed by atoms with Gasteiger partial charge in [0.25, 0.3) is 5.91 Å². The summed E-state index contributed by atoms with van der Waals surface area (Å²) in [4.78, 5) is 145. The van der Waals surface area contributed by atoms with Gasteiger partial charge in [-0.05, 0) is 69.8 Å². The van der Waals surface area contributed by atoms with E-state index in [0.717, 1.165) is 6.08 Å². The van der Waals surface area contributed by atoms with Gasteiger partial charge in [-0.3, -0.25) is 58.5 Å². The second-order valence-electron chi connectivity index (χ2n) is 18.5. The van der Waals surface area contributed by atoms with E-state index in [2.05, 4.69) is 47.9 Å². The minimum absolute atomic E-state index is 0.0172. The lowest BCUT2D eigenvalue weighted by Crippen LogP contribution is -2.72. The van der Waals surface area contributed by atoms with Crippen molar-refractivity contribution in [3.63, 3.8) is 0 Å². The number of hydrogen-bond donors (Lipinski definition) is 18. The smallest absolute Gasteiger partial charge is 0.334 e. The number of amides is 8. The van der Waals surface area contributed by atoms with E-state index in [1.807, 2.05) is 0 Å². The number of rotatable bonds is 21. The van der Waals surface area contributed by atoms with Gasteiger partial charge in [0.2, 0.25) is 41.4 Å². The summed E-state index contributed by atoms with van der Waals surface area (Å²) in [5.74, 6) is -12.9. The highest BCUT2D eigenvalue weighted by Gasteiger charge is 2.47. The highest BCUT2D eigenvalue weighted by molar-refractivity contribution is 5.97. The molecular weight excluding hydrogens is 1010 g/mol. The van der Waals surface area contributed by atoms with Gasteiger partial charge in [-0.1, -0.05) is 0 Å². The first-order valence-corrected chi connectivity index (χ1v) is 24.1. The molecule has 32 heteroatoms. The van der Waals surface area contributed by atoms with Gasteiger partial charge in [-0.2, -0.15) is 0 Å². The predicted octanol–water partition coefficient (Wildman–Crippen LogP) is -8.03. The second-order valence-corrected chi connectivity index (χ2v) is 18.5. The molecule has 5 heterocycles. The molecule has 0 aromatic carbocycles. The maximum atomic E-state index is 14.3. The van der Waals surface area contributed by atoms with Crippen molar-refractivity contribution in [3.8, 4) is 0 Å². The molecule has 6 aliphatic rings. The molecule has 10 unspecified atom stereocenters. The predicted molar refractivity (Wildman–Crippen MR) is 251 cm³/mol.